The van der Waals surface area contributed by atoms with Gasteiger partial charge in [0.1, 0.15) is 0 Å². The molecule has 47 heavy (non-hydrogen) atoms. The minimum atomic E-state index is -3.42. The first-order valence-electron chi connectivity index (χ1n) is 16.7. The Hall–Kier alpha value is -3.86. The monoisotopic (exact) mass is 655 g/mol. The van der Waals surface area contributed by atoms with Crippen LogP contribution < -0.4 is 9.80 Å². The Morgan fingerprint density at radius 3 is 2.43 bits per heavy atom. The Kier molecular flexibility index (Phi) is 8.09. The zero-order valence-electron chi connectivity index (χ0n) is 27.2. The van der Waals surface area contributed by atoms with Crippen molar-refractivity contribution in [1.82, 2.24) is 4.90 Å². The van der Waals surface area contributed by atoms with Crippen LogP contribution in [0.2, 0.25) is 18.6 Å². The zero-order chi connectivity index (χ0) is 33.1. The summed E-state index contributed by atoms with van der Waals surface area (Å²) in [5.74, 6) is -0.856. The van der Waals surface area contributed by atoms with E-state index in [-0.39, 0.29) is 43.3 Å². The van der Waals surface area contributed by atoms with Crippen LogP contribution in [-0.4, -0.2) is 61.4 Å². The van der Waals surface area contributed by atoms with Crippen LogP contribution in [0.1, 0.15) is 49.3 Å². The highest BCUT2D eigenvalue weighted by Crippen LogP contribution is 2.60. The Bertz CT molecular complexity index is 1710. The van der Waals surface area contributed by atoms with Crippen molar-refractivity contribution in [1.29, 1.82) is 0 Å². The third kappa shape index (κ3) is 5.21. The molecule has 4 aliphatic heterocycles. The lowest BCUT2D eigenvalue weighted by Gasteiger charge is -2.31. The number of halogens is 1. The van der Waals surface area contributed by atoms with E-state index in [9.17, 15) is 19.5 Å². The number of rotatable bonds is 7. The fourth-order valence-electron chi connectivity index (χ4n) is 8.65. The molecule has 1 N–H and O–H groups in total. The number of aliphatic hydroxyl groups is 1. The smallest absolute Gasteiger partial charge is 0.264 e. The second-order valence-corrected chi connectivity index (χ2v) is 17.8. The fraction of sp³-hybridized carbons (Fsp3) is 0.432. The Balaban J connectivity index is 1.18. The minimum absolute atomic E-state index is 0.0249. The van der Waals surface area contributed by atoms with Crippen LogP contribution in [0.15, 0.2) is 72.8 Å². The number of fused-ring (bicyclic) bond motifs is 3. The van der Waals surface area contributed by atoms with E-state index in [1.165, 1.54) is 0 Å². The van der Waals surface area contributed by atoms with Crippen LogP contribution in [0, 0.1) is 5.92 Å². The van der Waals surface area contributed by atoms with Crippen LogP contribution >= 0.6 is 0 Å². The second kappa shape index (κ2) is 12.0. The molecule has 3 amide bonds. The largest absolute Gasteiger partial charge is 0.394 e. The number of carbonyl (C=O) groups excluding carboxylic acids is 3. The maximum Gasteiger partial charge on any atom is 0.264 e. The first-order chi connectivity index (χ1) is 22.5. The summed E-state index contributed by atoms with van der Waals surface area (Å²) in [5.41, 5.74) is 3.12. The molecule has 0 saturated carbocycles. The van der Waals surface area contributed by atoms with Crippen molar-refractivity contribution >= 4 is 43.2 Å². The van der Waals surface area contributed by atoms with Gasteiger partial charge in [-0.05, 0) is 67.7 Å². The molecule has 0 radical (unpaired) electrons. The summed E-state index contributed by atoms with van der Waals surface area (Å²) in [4.78, 5) is 46.3. The lowest BCUT2D eigenvalue weighted by atomic mass is 9.82. The van der Waals surface area contributed by atoms with E-state index >= 15 is 4.11 Å². The number of aliphatic hydroxyl groups excluding tert-OH is 1. The summed E-state index contributed by atoms with van der Waals surface area (Å²) < 4.78 is 23.0. The van der Waals surface area contributed by atoms with Crippen molar-refractivity contribution in [3.8, 4) is 0 Å². The van der Waals surface area contributed by atoms with E-state index in [0.29, 0.717) is 18.5 Å². The molecule has 5 atom stereocenters. The average molecular weight is 656 g/mol. The third-order valence-electron chi connectivity index (χ3n) is 10.8. The van der Waals surface area contributed by atoms with E-state index in [1.807, 2.05) is 73.7 Å². The molecule has 4 heterocycles. The highest BCUT2D eigenvalue weighted by atomic mass is 28.4. The third-order valence-corrected chi connectivity index (χ3v) is 13.2. The minimum Gasteiger partial charge on any atom is -0.394 e. The van der Waals surface area contributed by atoms with Gasteiger partial charge in [0.15, 0.2) is 5.60 Å². The molecule has 8 nitrogen and oxygen atoms in total. The molecule has 0 bridgehead atoms. The van der Waals surface area contributed by atoms with Gasteiger partial charge < -0.3 is 23.8 Å². The number of hydrogen-bond acceptors (Lipinski definition) is 5. The van der Waals surface area contributed by atoms with Gasteiger partial charge in [0.25, 0.3) is 5.91 Å². The molecule has 7 rings (SSSR count). The maximum atomic E-state index is 16.2. The number of para-hydroxylation sites is 2. The fourth-order valence-corrected chi connectivity index (χ4v) is 11.1. The molecule has 10 heteroatoms. The lowest BCUT2D eigenvalue weighted by Crippen LogP contribution is -2.45. The molecule has 0 aromatic heterocycles. The van der Waals surface area contributed by atoms with Crippen molar-refractivity contribution in [2.24, 2.45) is 5.92 Å². The van der Waals surface area contributed by atoms with Gasteiger partial charge in [-0.2, -0.15) is 0 Å². The van der Waals surface area contributed by atoms with E-state index < -0.39 is 31.6 Å². The van der Waals surface area contributed by atoms with Crippen molar-refractivity contribution in [2.75, 3.05) is 23.0 Å². The molecular formula is C37H42FN3O5Si. The van der Waals surface area contributed by atoms with E-state index in [0.717, 1.165) is 47.5 Å². The molecular weight excluding hydrogens is 614 g/mol. The first kappa shape index (κ1) is 31.7. The van der Waals surface area contributed by atoms with Crippen molar-refractivity contribution in [2.45, 2.75) is 82.0 Å². The average Bonchev–Trinajstić information content (AvgIpc) is 3.72. The lowest BCUT2D eigenvalue weighted by molar-refractivity contribution is -0.150. The quantitative estimate of drug-likeness (QED) is 0.250. The topological polar surface area (TPSA) is 90.4 Å². The number of benzene rings is 3. The molecule has 0 aliphatic carbocycles. The zero-order valence-corrected chi connectivity index (χ0v) is 28.2. The van der Waals surface area contributed by atoms with Crippen LogP contribution in [0.4, 0.5) is 21.2 Å². The Labute approximate surface area is 276 Å². The maximum absolute atomic E-state index is 16.2. The van der Waals surface area contributed by atoms with Gasteiger partial charge >= 0.3 is 0 Å². The van der Waals surface area contributed by atoms with Gasteiger partial charge in [0, 0.05) is 35.7 Å². The molecule has 4 aliphatic rings. The summed E-state index contributed by atoms with van der Waals surface area (Å²) in [5, 5.41) is 9.82. The number of ether oxygens (including phenoxy) is 1. The molecule has 3 aromatic carbocycles. The summed E-state index contributed by atoms with van der Waals surface area (Å²) in [6, 6.07) is 23.0. The van der Waals surface area contributed by atoms with E-state index in [2.05, 4.69) is 6.07 Å². The van der Waals surface area contributed by atoms with Crippen molar-refractivity contribution < 1.29 is 28.3 Å². The van der Waals surface area contributed by atoms with Crippen LogP contribution in [0.25, 0.3) is 0 Å². The summed E-state index contributed by atoms with van der Waals surface area (Å²) >= 11 is 0. The van der Waals surface area contributed by atoms with E-state index in [4.69, 9.17) is 4.74 Å². The van der Waals surface area contributed by atoms with Crippen LogP contribution in [0.3, 0.4) is 0 Å². The number of aryl methyl sites for hydroxylation is 1. The van der Waals surface area contributed by atoms with Gasteiger partial charge in [0.2, 0.25) is 20.2 Å². The second-order valence-electron chi connectivity index (χ2n) is 14.0. The van der Waals surface area contributed by atoms with E-state index in [1.54, 1.807) is 27.8 Å². The molecule has 0 unspecified atom stereocenters. The standard InChI is InChI=1S/C37H42FN3O5Si/c1-24-35(47(2,3)38)32(21-34(44)39-20-8-10-28(39)23-42)46-37(24)29-11-5-7-13-31(29)40(36(37)45)22-25-14-17-27(18-15-25)41-30-12-6-4-9-26(30)16-19-33(41)43/h4-7,9,11-15,17-18,24,28,32,35,42H,8,10,16,19-23H2,1-3H3/t24-,28+,32+,35-,37+/m1/s1. The number of carbonyl (C=O) groups is 3. The molecule has 2 saturated heterocycles. The highest BCUT2D eigenvalue weighted by Gasteiger charge is 2.67. The van der Waals surface area contributed by atoms with Crippen molar-refractivity contribution in [3.05, 3.63) is 89.5 Å². The molecule has 2 fully saturated rings. The SMILES string of the molecule is C[C@@H]1[C@@H]([Si](C)(C)F)[C@H](CC(=O)N2CCC[C@H]2CO)O[C@@]12C(=O)N(Cc1ccc(N3C(=O)CCc4ccccc43)cc1)c1ccccc12. The Morgan fingerprint density at radius 2 is 1.70 bits per heavy atom. The number of hydrogen-bond donors (Lipinski definition) is 1. The number of amides is 3. The van der Waals surface area contributed by atoms with Crippen LogP contribution in [0.5, 0.6) is 0 Å². The van der Waals surface area contributed by atoms with Gasteiger partial charge in [0.05, 0.1) is 43.1 Å². The van der Waals surface area contributed by atoms with Crippen LogP contribution in [-0.2, 0) is 37.7 Å². The Morgan fingerprint density at radius 1 is 1.00 bits per heavy atom. The number of anilines is 3. The predicted molar refractivity (Wildman–Crippen MR) is 180 cm³/mol. The van der Waals surface area contributed by atoms with Crippen molar-refractivity contribution in [3.63, 3.8) is 0 Å². The summed E-state index contributed by atoms with van der Waals surface area (Å²) in [6.07, 6.45) is 1.95. The van der Waals surface area contributed by atoms with Gasteiger partial charge in [-0.1, -0.05) is 55.5 Å². The summed E-state index contributed by atoms with van der Waals surface area (Å²) in [6.45, 7) is 5.90. The first-order valence-corrected chi connectivity index (χ1v) is 19.7. The molecule has 246 valence electrons. The normalized spacial score (nSPS) is 27.1. The van der Waals surface area contributed by atoms with Gasteiger partial charge in [-0.15, -0.1) is 0 Å². The predicted octanol–water partition coefficient (Wildman–Crippen LogP) is 5.99. The van der Waals surface area contributed by atoms with Gasteiger partial charge in [-0.25, -0.2) is 0 Å². The summed E-state index contributed by atoms with van der Waals surface area (Å²) in [7, 11) is -3.42. The number of nitrogens with zero attached hydrogens (tertiary/aromatic N) is 3. The van der Waals surface area contributed by atoms with Gasteiger partial charge in [-0.3, -0.25) is 19.3 Å². The molecule has 1 spiro atoms. The molecule has 3 aromatic rings. The highest BCUT2D eigenvalue weighted by molar-refractivity contribution is 6.72. The number of likely N-dealkylation sites (tertiary alicyclic amines) is 1.